The second-order valence-corrected chi connectivity index (χ2v) is 9.62. The van der Waals surface area contributed by atoms with E-state index in [1.807, 2.05) is 16.7 Å². The lowest BCUT2D eigenvalue weighted by Crippen LogP contribution is -2.44. The average Bonchev–Trinajstić information content (AvgIpc) is 3.61. The minimum absolute atomic E-state index is 0.383. The monoisotopic (exact) mass is 490 g/mol. The molecule has 0 unspecified atom stereocenters. The van der Waals surface area contributed by atoms with Gasteiger partial charge in [-0.05, 0) is 62.2 Å². The number of nitrogens with one attached hydrogen (secondary N) is 2. The highest BCUT2D eigenvalue weighted by atomic mass is 19.2. The van der Waals surface area contributed by atoms with E-state index in [1.54, 1.807) is 6.33 Å². The Morgan fingerprint density at radius 2 is 1.64 bits per heavy atom. The van der Waals surface area contributed by atoms with Crippen molar-refractivity contribution < 1.29 is 8.78 Å². The Morgan fingerprint density at radius 1 is 0.889 bits per heavy atom. The van der Waals surface area contributed by atoms with Gasteiger partial charge in [-0.15, -0.1) is 0 Å². The predicted molar refractivity (Wildman–Crippen MR) is 137 cm³/mol. The summed E-state index contributed by atoms with van der Waals surface area (Å²) in [6.07, 6.45) is 4.17. The van der Waals surface area contributed by atoms with Crippen molar-refractivity contribution in [3.8, 4) is 0 Å². The van der Waals surface area contributed by atoms with Crippen LogP contribution >= 0.6 is 0 Å². The zero-order valence-corrected chi connectivity index (χ0v) is 20.1. The number of anilines is 5. The first-order valence-corrected chi connectivity index (χ1v) is 12.3. The van der Waals surface area contributed by atoms with Crippen LogP contribution in [0.3, 0.4) is 0 Å². The standard InChI is InChI=1S/C26H28F2N8/c1-34-10-12-35(13-11-34)20-7-4-18(5-8-20)31-26-32-24(30-19-6-9-21(27)22(28)14-19)23-25(33-26)36(16-29-23)15-17-2-3-17/h4-9,14,16-17H,2-3,10-13,15H2,1H3,(H2,30,31,32,33). The second-order valence-electron chi connectivity index (χ2n) is 9.62. The molecule has 10 heteroatoms. The molecule has 2 N–H and O–H groups in total. The molecule has 0 amide bonds. The molecule has 3 heterocycles. The number of piperazine rings is 1. The van der Waals surface area contributed by atoms with Gasteiger partial charge in [-0.1, -0.05) is 0 Å². The van der Waals surface area contributed by atoms with Crippen LogP contribution in [0.5, 0.6) is 0 Å². The molecule has 4 aromatic rings. The SMILES string of the molecule is CN1CCN(c2ccc(Nc3nc(Nc4ccc(F)c(F)c4)c4ncn(CC5CC5)c4n3)cc2)CC1. The van der Waals surface area contributed by atoms with E-state index in [-0.39, 0.29) is 0 Å². The van der Waals surface area contributed by atoms with Crippen molar-refractivity contribution in [3.63, 3.8) is 0 Å². The average molecular weight is 491 g/mol. The minimum Gasteiger partial charge on any atom is -0.369 e. The molecule has 1 aliphatic carbocycles. The quantitative estimate of drug-likeness (QED) is 0.387. The van der Waals surface area contributed by atoms with Crippen LogP contribution in [-0.2, 0) is 6.54 Å². The van der Waals surface area contributed by atoms with Gasteiger partial charge >= 0.3 is 0 Å². The summed E-state index contributed by atoms with van der Waals surface area (Å²) in [5.41, 5.74) is 3.70. The summed E-state index contributed by atoms with van der Waals surface area (Å²) in [6.45, 7) is 4.96. The summed E-state index contributed by atoms with van der Waals surface area (Å²) >= 11 is 0. The van der Waals surface area contributed by atoms with Gasteiger partial charge in [0.05, 0.1) is 6.33 Å². The molecule has 6 rings (SSSR count). The first-order valence-electron chi connectivity index (χ1n) is 12.3. The van der Waals surface area contributed by atoms with E-state index in [2.05, 4.69) is 49.6 Å². The highest BCUT2D eigenvalue weighted by molar-refractivity contribution is 5.87. The summed E-state index contributed by atoms with van der Waals surface area (Å²) in [5.74, 6) is -0.360. The maximum absolute atomic E-state index is 13.8. The lowest BCUT2D eigenvalue weighted by Gasteiger charge is -2.34. The third kappa shape index (κ3) is 4.81. The number of imidazole rings is 1. The van der Waals surface area contributed by atoms with Crippen LogP contribution in [0.2, 0.25) is 0 Å². The number of aromatic nitrogens is 4. The van der Waals surface area contributed by atoms with Crippen molar-refractivity contribution in [2.24, 2.45) is 5.92 Å². The van der Waals surface area contributed by atoms with Crippen molar-refractivity contribution in [1.29, 1.82) is 0 Å². The lowest BCUT2D eigenvalue weighted by molar-refractivity contribution is 0.313. The normalized spacial score (nSPS) is 16.5. The zero-order valence-electron chi connectivity index (χ0n) is 20.1. The van der Waals surface area contributed by atoms with Gasteiger partial charge in [0.25, 0.3) is 0 Å². The highest BCUT2D eigenvalue weighted by Gasteiger charge is 2.24. The van der Waals surface area contributed by atoms with E-state index in [1.165, 1.54) is 24.6 Å². The molecular weight excluding hydrogens is 462 g/mol. The number of benzene rings is 2. The van der Waals surface area contributed by atoms with Gasteiger partial charge in [-0.25, -0.2) is 13.8 Å². The molecule has 1 aliphatic heterocycles. The maximum Gasteiger partial charge on any atom is 0.231 e. The smallest absolute Gasteiger partial charge is 0.231 e. The van der Waals surface area contributed by atoms with Crippen molar-refractivity contribution in [3.05, 3.63) is 60.4 Å². The van der Waals surface area contributed by atoms with Crippen molar-refractivity contribution >= 4 is 40.0 Å². The summed E-state index contributed by atoms with van der Waals surface area (Å²) in [6, 6.07) is 11.9. The number of halogens is 2. The molecule has 0 spiro atoms. The topological polar surface area (TPSA) is 74.1 Å². The van der Waals surface area contributed by atoms with E-state index < -0.39 is 11.6 Å². The number of hydrogen-bond acceptors (Lipinski definition) is 7. The van der Waals surface area contributed by atoms with E-state index in [0.717, 1.165) is 50.5 Å². The van der Waals surface area contributed by atoms with Crippen LogP contribution in [-0.4, -0.2) is 57.6 Å². The molecule has 2 fully saturated rings. The number of nitrogens with zero attached hydrogens (tertiary/aromatic N) is 6. The van der Waals surface area contributed by atoms with Crippen LogP contribution in [0.1, 0.15) is 12.8 Å². The molecule has 2 aromatic heterocycles. The van der Waals surface area contributed by atoms with E-state index in [4.69, 9.17) is 4.98 Å². The van der Waals surface area contributed by atoms with Gasteiger partial charge in [0.15, 0.2) is 28.6 Å². The molecule has 2 aliphatic rings. The summed E-state index contributed by atoms with van der Waals surface area (Å²) in [4.78, 5) is 18.6. The fourth-order valence-electron chi connectivity index (χ4n) is 4.46. The summed E-state index contributed by atoms with van der Waals surface area (Å²) < 4.78 is 29.3. The van der Waals surface area contributed by atoms with Crippen molar-refractivity contribution in [1.82, 2.24) is 24.4 Å². The molecule has 36 heavy (non-hydrogen) atoms. The Balaban J connectivity index is 1.29. The van der Waals surface area contributed by atoms with Gasteiger partial charge in [0, 0.05) is 55.9 Å². The van der Waals surface area contributed by atoms with Crippen molar-refractivity contribution in [2.45, 2.75) is 19.4 Å². The molecule has 0 radical (unpaired) electrons. The Kier molecular flexibility index (Phi) is 5.88. The molecule has 0 bridgehead atoms. The van der Waals surface area contributed by atoms with Gasteiger partial charge in [0.2, 0.25) is 5.95 Å². The number of fused-ring (bicyclic) bond motifs is 1. The maximum atomic E-state index is 13.8. The molecule has 1 saturated carbocycles. The molecule has 1 saturated heterocycles. The molecule has 0 atom stereocenters. The van der Waals surface area contributed by atoms with E-state index in [0.29, 0.717) is 34.5 Å². The Morgan fingerprint density at radius 3 is 2.36 bits per heavy atom. The Labute approximate surface area is 208 Å². The number of likely N-dealkylation sites (N-methyl/N-ethyl adjacent to an activating group) is 1. The van der Waals surface area contributed by atoms with Crippen LogP contribution in [0.4, 0.5) is 37.6 Å². The minimum atomic E-state index is -0.927. The van der Waals surface area contributed by atoms with E-state index in [9.17, 15) is 8.78 Å². The van der Waals surface area contributed by atoms with Crippen LogP contribution in [0.15, 0.2) is 48.8 Å². The molecular formula is C26H28F2N8. The summed E-state index contributed by atoms with van der Waals surface area (Å²) in [5, 5.41) is 6.40. The highest BCUT2D eigenvalue weighted by Crippen LogP contribution is 2.33. The van der Waals surface area contributed by atoms with Crippen LogP contribution in [0.25, 0.3) is 11.2 Å². The predicted octanol–water partition coefficient (Wildman–Crippen LogP) is 4.75. The van der Waals surface area contributed by atoms with Gasteiger partial charge < -0.3 is 25.0 Å². The third-order valence-electron chi connectivity index (χ3n) is 6.79. The van der Waals surface area contributed by atoms with Gasteiger partial charge in [-0.3, -0.25) is 0 Å². The second kappa shape index (κ2) is 9.34. The Bertz CT molecular complexity index is 1370. The van der Waals surface area contributed by atoms with Gasteiger partial charge in [-0.2, -0.15) is 9.97 Å². The van der Waals surface area contributed by atoms with Crippen molar-refractivity contribution in [2.75, 3.05) is 48.8 Å². The number of hydrogen-bond donors (Lipinski definition) is 2. The third-order valence-corrected chi connectivity index (χ3v) is 6.79. The lowest BCUT2D eigenvalue weighted by atomic mass is 10.2. The van der Waals surface area contributed by atoms with E-state index >= 15 is 0 Å². The van der Waals surface area contributed by atoms with Crippen LogP contribution < -0.4 is 15.5 Å². The molecule has 186 valence electrons. The summed E-state index contributed by atoms with van der Waals surface area (Å²) in [7, 11) is 2.15. The fourth-order valence-corrected chi connectivity index (χ4v) is 4.46. The first-order chi connectivity index (χ1) is 17.5. The Hall–Kier alpha value is -3.79. The van der Waals surface area contributed by atoms with Gasteiger partial charge in [0.1, 0.15) is 0 Å². The largest absolute Gasteiger partial charge is 0.369 e. The number of rotatable bonds is 7. The zero-order chi connectivity index (χ0) is 24.6. The molecule has 8 nitrogen and oxygen atoms in total. The first kappa shape index (κ1) is 22.7. The fraction of sp³-hybridized carbons (Fsp3) is 0.346. The molecule has 2 aromatic carbocycles. The van der Waals surface area contributed by atoms with Crippen LogP contribution in [0, 0.1) is 17.6 Å².